The van der Waals surface area contributed by atoms with Crippen LogP contribution in [0.25, 0.3) is 10.6 Å². The third-order valence-corrected chi connectivity index (χ3v) is 6.05. The number of carbonyl (C=O) groups is 3. The number of nitrogens with zero attached hydrogens (tertiary/aromatic N) is 3. The number of carbonyl (C=O) groups excluding carboxylic acids is 3. The molecule has 0 saturated carbocycles. The highest BCUT2D eigenvalue weighted by Gasteiger charge is 2.17. The van der Waals surface area contributed by atoms with Gasteiger partial charge in [0.25, 0.3) is 0 Å². The first-order valence-electron chi connectivity index (χ1n) is 10.5. The molecule has 0 atom stereocenters. The molecule has 0 aliphatic carbocycles. The van der Waals surface area contributed by atoms with Gasteiger partial charge in [-0.25, -0.2) is 10.2 Å². The first-order chi connectivity index (χ1) is 17.4. The van der Waals surface area contributed by atoms with E-state index in [1.807, 2.05) is 43.3 Å². The van der Waals surface area contributed by atoms with Gasteiger partial charge in [0.1, 0.15) is 10.8 Å². The fraction of sp³-hybridized carbons (Fsp3) is 0.0400. The molecule has 0 aliphatic rings. The number of hydrogen-bond donors (Lipinski definition) is 2. The van der Waals surface area contributed by atoms with Gasteiger partial charge in [-0.05, 0) is 37.3 Å². The minimum absolute atomic E-state index is 0.176. The number of esters is 1. The van der Waals surface area contributed by atoms with E-state index in [9.17, 15) is 14.4 Å². The summed E-state index contributed by atoms with van der Waals surface area (Å²) in [5, 5.41) is 14.9. The highest BCUT2D eigenvalue weighted by atomic mass is 79.9. The molecule has 1 aromatic heterocycles. The average Bonchev–Trinajstić information content (AvgIpc) is 3.34. The van der Waals surface area contributed by atoms with Crippen LogP contribution in [0.1, 0.15) is 21.5 Å². The minimum Gasteiger partial charge on any atom is -0.422 e. The molecule has 1 heterocycles. The van der Waals surface area contributed by atoms with Gasteiger partial charge < -0.3 is 4.74 Å². The zero-order chi connectivity index (χ0) is 25.5. The number of hydrogen-bond acceptors (Lipinski definition) is 8. The molecule has 0 spiro atoms. The van der Waals surface area contributed by atoms with Crippen LogP contribution in [0, 0.1) is 6.92 Å². The number of nitrogens with one attached hydrogen (secondary N) is 2. The number of hydrazone groups is 1. The Kier molecular flexibility index (Phi) is 7.93. The molecule has 11 heteroatoms. The van der Waals surface area contributed by atoms with E-state index in [1.165, 1.54) is 6.21 Å². The van der Waals surface area contributed by atoms with E-state index in [0.717, 1.165) is 22.5 Å². The lowest BCUT2D eigenvalue weighted by Crippen LogP contribution is -2.32. The van der Waals surface area contributed by atoms with Gasteiger partial charge in [-0.3, -0.25) is 14.9 Å². The number of ether oxygens (including phenoxy) is 1. The van der Waals surface area contributed by atoms with Crippen LogP contribution in [0.15, 0.2) is 82.4 Å². The topological polar surface area (TPSA) is 123 Å². The normalized spacial score (nSPS) is 10.7. The number of aryl methyl sites for hydroxylation is 1. The largest absolute Gasteiger partial charge is 0.422 e. The molecular formula is C25H18BrN5O4S. The molecule has 4 rings (SSSR count). The van der Waals surface area contributed by atoms with Gasteiger partial charge in [-0.15, -0.1) is 10.2 Å². The number of rotatable bonds is 6. The maximum absolute atomic E-state index is 12.5. The molecule has 3 aromatic carbocycles. The molecule has 2 amide bonds. The van der Waals surface area contributed by atoms with Crippen LogP contribution >= 0.6 is 27.3 Å². The molecule has 4 aromatic rings. The van der Waals surface area contributed by atoms with Gasteiger partial charge in [-0.2, -0.15) is 5.10 Å². The predicted octanol–water partition coefficient (Wildman–Crippen LogP) is 4.58. The van der Waals surface area contributed by atoms with Gasteiger partial charge in [0.2, 0.25) is 5.13 Å². The van der Waals surface area contributed by atoms with Crippen LogP contribution in [0.4, 0.5) is 5.13 Å². The van der Waals surface area contributed by atoms with Crippen LogP contribution in [-0.4, -0.2) is 34.2 Å². The third-order valence-electron chi connectivity index (χ3n) is 4.67. The van der Waals surface area contributed by atoms with Crippen molar-refractivity contribution in [1.82, 2.24) is 15.6 Å². The monoisotopic (exact) mass is 563 g/mol. The molecule has 0 unspecified atom stereocenters. The molecule has 0 bridgehead atoms. The highest BCUT2D eigenvalue weighted by Crippen LogP contribution is 2.26. The van der Waals surface area contributed by atoms with Gasteiger partial charge in [0.05, 0.1) is 11.8 Å². The molecule has 9 nitrogen and oxygen atoms in total. The smallest absolute Gasteiger partial charge is 0.343 e. The quantitative estimate of drug-likeness (QED) is 0.116. The van der Waals surface area contributed by atoms with E-state index < -0.39 is 17.8 Å². The summed E-state index contributed by atoms with van der Waals surface area (Å²) in [6.07, 6.45) is 1.27. The first kappa shape index (κ1) is 24.9. The summed E-state index contributed by atoms with van der Waals surface area (Å²) in [5.74, 6) is -2.26. The van der Waals surface area contributed by atoms with Crippen molar-refractivity contribution < 1.29 is 19.1 Å². The maximum atomic E-state index is 12.5. The molecular weight excluding hydrogens is 546 g/mol. The second kappa shape index (κ2) is 11.5. The van der Waals surface area contributed by atoms with Crippen LogP contribution < -0.4 is 15.5 Å². The number of aromatic nitrogens is 2. The van der Waals surface area contributed by atoms with Gasteiger partial charge in [-0.1, -0.05) is 75.3 Å². The van der Waals surface area contributed by atoms with E-state index in [-0.39, 0.29) is 10.9 Å². The summed E-state index contributed by atoms with van der Waals surface area (Å²) in [6, 6.07) is 21.3. The van der Waals surface area contributed by atoms with Crippen molar-refractivity contribution in [3.63, 3.8) is 0 Å². The van der Waals surface area contributed by atoms with Crippen molar-refractivity contribution in [2.75, 3.05) is 5.32 Å². The van der Waals surface area contributed by atoms with Gasteiger partial charge in [0, 0.05) is 15.6 Å². The predicted molar refractivity (Wildman–Crippen MR) is 140 cm³/mol. The Morgan fingerprint density at radius 3 is 2.56 bits per heavy atom. The SMILES string of the molecule is Cc1cccc(C(=O)Oc2ccc(Br)cc2C=NNC(=O)C(=O)Nc2nnc(-c3ccccc3)s2)c1. The second-order valence-corrected chi connectivity index (χ2v) is 9.27. The lowest BCUT2D eigenvalue weighted by atomic mass is 10.1. The Balaban J connectivity index is 1.38. The minimum atomic E-state index is -1.00. The number of benzene rings is 3. The summed E-state index contributed by atoms with van der Waals surface area (Å²) in [6.45, 7) is 1.88. The van der Waals surface area contributed by atoms with E-state index in [0.29, 0.717) is 20.6 Å². The Morgan fingerprint density at radius 1 is 0.972 bits per heavy atom. The van der Waals surface area contributed by atoms with Crippen molar-refractivity contribution in [1.29, 1.82) is 0 Å². The number of halogens is 1. The second-order valence-electron chi connectivity index (χ2n) is 7.37. The van der Waals surface area contributed by atoms with E-state index >= 15 is 0 Å². The van der Waals surface area contributed by atoms with Crippen LogP contribution in [0.2, 0.25) is 0 Å². The highest BCUT2D eigenvalue weighted by molar-refractivity contribution is 9.10. The van der Waals surface area contributed by atoms with Crippen molar-refractivity contribution >= 4 is 56.4 Å². The zero-order valence-corrected chi connectivity index (χ0v) is 21.2. The standard InChI is InChI=1S/C25H18BrN5O4S/c1-15-6-5-9-17(12-15)24(34)35-20-11-10-19(26)13-18(20)14-27-29-22(33)21(32)28-25-31-30-23(36-25)16-7-3-2-4-8-16/h2-14H,1H3,(H,29,33)(H,28,31,32). The lowest BCUT2D eigenvalue weighted by Gasteiger charge is -2.08. The van der Waals surface area contributed by atoms with Crippen molar-refractivity contribution in [2.45, 2.75) is 6.92 Å². The fourth-order valence-corrected chi connectivity index (χ4v) is 4.10. The molecule has 180 valence electrons. The number of amides is 2. The third kappa shape index (κ3) is 6.46. The van der Waals surface area contributed by atoms with Crippen molar-refractivity contribution in [3.8, 4) is 16.3 Å². The first-order valence-corrected chi connectivity index (χ1v) is 12.1. The average molecular weight is 564 g/mol. The summed E-state index contributed by atoms with van der Waals surface area (Å²) in [4.78, 5) is 36.9. The van der Waals surface area contributed by atoms with Crippen LogP contribution in [0.5, 0.6) is 5.75 Å². The Labute approximate surface area is 218 Å². The van der Waals surface area contributed by atoms with E-state index in [4.69, 9.17) is 4.74 Å². The number of anilines is 1. The van der Waals surface area contributed by atoms with E-state index in [2.05, 4.69) is 42.0 Å². The lowest BCUT2D eigenvalue weighted by molar-refractivity contribution is -0.136. The van der Waals surface area contributed by atoms with Crippen molar-refractivity contribution in [2.24, 2.45) is 5.10 Å². The van der Waals surface area contributed by atoms with Gasteiger partial charge in [0.15, 0.2) is 0 Å². The molecule has 36 heavy (non-hydrogen) atoms. The molecule has 2 N–H and O–H groups in total. The Morgan fingerprint density at radius 2 is 1.78 bits per heavy atom. The summed E-state index contributed by atoms with van der Waals surface area (Å²) in [5.41, 5.74) is 4.72. The summed E-state index contributed by atoms with van der Waals surface area (Å²) in [7, 11) is 0. The van der Waals surface area contributed by atoms with Gasteiger partial charge >= 0.3 is 17.8 Å². The molecule has 0 radical (unpaired) electrons. The molecule has 0 aliphatic heterocycles. The van der Waals surface area contributed by atoms with E-state index in [1.54, 1.807) is 36.4 Å². The van der Waals surface area contributed by atoms with Crippen molar-refractivity contribution in [3.05, 3.63) is 94.0 Å². The zero-order valence-electron chi connectivity index (χ0n) is 18.8. The van der Waals surface area contributed by atoms with Crippen LogP contribution in [0.3, 0.4) is 0 Å². The maximum Gasteiger partial charge on any atom is 0.343 e. The van der Waals surface area contributed by atoms with Crippen LogP contribution in [-0.2, 0) is 9.59 Å². The fourth-order valence-electron chi connectivity index (χ4n) is 2.98. The summed E-state index contributed by atoms with van der Waals surface area (Å²) >= 11 is 4.49. The summed E-state index contributed by atoms with van der Waals surface area (Å²) < 4.78 is 6.21. The Bertz CT molecular complexity index is 1460. The Hall–Kier alpha value is -4.22. The molecule has 0 saturated heterocycles. The molecule has 0 fully saturated rings.